The molecule has 1 saturated heterocycles. The monoisotopic (exact) mass is 391 g/mol. The zero-order valence-corrected chi connectivity index (χ0v) is 18.4. The van der Waals surface area contributed by atoms with Crippen molar-refractivity contribution in [3.8, 4) is 0 Å². The van der Waals surface area contributed by atoms with Crippen LogP contribution in [0.4, 0.5) is 0 Å². The Morgan fingerprint density at radius 2 is 1.50 bits per heavy atom. The van der Waals surface area contributed by atoms with E-state index in [4.69, 9.17) is 4.43 Å². The molecule has 1 saturated carbocycles. The van der Waals surface area contributed by atoms with E-state index >= 15 is 0 Å². The van der Waals surface area contributed by atoms with Gasteiger partial charge in [-0.1, -0.05) is 87.5 Å². The molecule has 0 amide bonds. The number of benzene rings is 2. The molecule has 28 heavy (non-hydrogen) atoms. The summed E-state index contributed by atoms with van der Waals surface area (Å²) in [6, 6.07) is 23.0. The molecule has 2 fully saturated rings. The van der Waals surface area contributed by atoms with Crippen molar-refractivity contribution >= 4 is 18.7 Å². The first-order valence-corrected chi connectivity index (χ1v) is 12.5. The number of fused-ring (bicyclic) bond motifs is 1. The predicted octanol–water partition coefficient (Wildman–Crippen LogP) is 4.12. The summed E-state index contributed by atoms with van der Waals surface area (Å²) >= 11 is 0. The van der Waals surface area contributed by atoms with Gasteiger partial charge in [-0.25, -0.2) is 0 Å². The van der Waals surface area contributed by atoms with Crippen molar-refractivity contribution < 1.29 is 4.43 Å². The summed E-state index contributed by atoms with van der Waals surface area (Å²) in [5.74, 6) is 1.61. The lowest BCUT2D eigenvalue weighted by Gasteiger charge is -2.43. The SMILES string of the molecule is C=CCC1N[C@H](CO[Si](c2ccccc2)(c2ccccc2)C(C)(C)C)C2CC12. The van der Waals surface area contributed by atoms with Crippen molar-refractivity contribution in [1.29, 1.82) is 0 Å². The maximum absolute atomic E-state index is 7.12. The van der Waals surface area contributed by atoms with E-state index < -0.39 is 8.32 Å². The molecule has 1 N–H and O–H groups in total. The second-order valence-electron chi connectivity index (χ2n) is 9.44. The Morgan fingerprint density at radius 1 is 0.964 bits per heavy atom. The van der Waals surface area contributed by atoms with Gasteiger partial charge in [-0.2, -0.15) is 0 Å². The lowest BCUT2D eigenvalue weighted by atomic mass is 10.1. The molecule has 4 atom stereocenters. The Kier molecular flexibility index (Phi) is 5.34. The molecule has 0 radical (unpaired) electrons. The van der Waals surface area contributed by atoms with Crippen LogP contribution in [0.3, 0.4) is 0 Å². The smallest absolute Gasteiger partial charge is 0.261 e. The van der Waals surface area contributed by atoms with E-state index in [1.54, 1.807) is 0 Å². The number of piperidine rings is 1. The topological polar surface area (TPSA) is 21.3 Å². The summed E-state index contributed by atoms with van der Waals surface area (Å²) < 4.78 is 7.12. The van der Waals surface area contributed by atoms with Crippen LogP contribution in [0.25, 0.3) is 0 Å². The van der Waals surface area contributed by atoms with Crippen LogP contribution in [0.2, 0.25) is 5.04 Å². The van der Waals surface area contributed by atoms with E-state index in [-0.39, 0.29) is 5.04 Å². The molecular formula is C25H33NOSi. The van der Waals surface area contributed by atoms with Gasteiger partial charge in [-0.05, 0) is 40.1 Å². The second kappa shape index (κ2) is 7.62. The summed E-state index contributed by atoms with van der Waals surface area (Å²) in [6.45, 7) is 11.8. The van der Waals surface area contributed by atoms with E-state index in [9.17, 15) is 0 Å². The fraction of sp³-hybridized carbons (Fsp3) is 0.440. The number of hydrogen-bond acceptors (Lipinski definition) is 2. The first-order chi connectivity index (χ1) is 13.5. The molecule has 1 heterocycles. The molecule has 3 unspecified atom stereocenters. The van der Waals surface area contributed by atoms with E-state index in [1.165, 1.54) is 16.8 Å². The highest BCUT2D eigenvalue weighted by Gasteiger charge is 2.55. The van der Waals surface area contributed by atoms with Crippen molar-refractivity contribution in [1.82, 2.24) is 5.32 Å². The molecule has 4 rings (SSSR count). The van der Waals surface area contributed by atoms with Crippen LogP contribution in [0, 0.1) is 11.8 Å². The third kappa shape index (κ3) is 3.40. The highest BCUT2D eigenvalue weighted by Crippen LogP contribution is 2.50. The Morgan fingerprint density at radius 3 is 2.00 bits per heavy atom. The van der Waals surface area contributed by atoms with Gasteiger partial charge in [0, 0.05) is 12.1 Å². The maximum Gasteiger partial charge on any atom is 0.261 e. The van der Waals surface area contributed by atoms with Crippen molar-refractivity contribution in [2.75, 3.05) is 6.61 Å². The second-order valence-corrected chi connectivity index (χ2v) is 13.7. The van der Waals surface area contributed by atoms with Crippen LogP contribution in [0.15, 0.2) is 73.3 Å². The molecule has 0 bridgehead atoms. The lowest BCUT2D eigenvalue weighted by Crippen LogP contribution is -2.67. The third-order valence-corrected chi connectivity index (χ3v) is 11.7. The van der Waals surface area contributed by atoms with Crippen molar-refractivity contribution in [3.05, 3.63) is 73.3 Å². The highest BCUT2D eigenvalue weighted by molar-refractivity contribution is 6.99. The van der Waals surface area contributed by atoms with Gasteiger partial charge in [0.15, 0.2) is 0 Å². The summed E-state index contributed by atoms with van der Waals surface area (Å²) in [5, 5.41) is 6.61. The quantitative estimate of drug-likeness (QED) is 0.566. The normalized spacial score (nSPS) is 26.7. The molecular weight excluding hydrogens is 358 g/mol. The van der Waals surface area contributed by atoms with Gasteiger partial charge in [0.2, 0.25) is 0 Å². The van der Waals surface area contributed by atoms with E-state index in [0.717, 1.165) is 24.9 Å². The first kappa shape index (κ1) is 19.6. The Hall–Kier alpha value is -1.68. The highest BCUT2D eigenvalue weighted by atomic mass is 28.4. The largest absolute Gasteiger partial charge is 0.406 e. The van der Waals surface area contributed by atoms with Crippen LogP contribution in [0.1, 0.15) is 33.6 Å². The van der Waals surface area contributed by atoms with Crippen LogP contribution < -0.4 is 15.7 Å². The van der Waals surface area contributed by atoms with Gasteiger partial charge in [-0.3, -0.25) is 0 Å². The molecule has 0 spiro atoms. The van der Waals surface area contributed by atoms with Crippen LogP contribution in [-0.4, -0.2) is 27.0 Å². The molecule has 2 nitrogen and oxygen atoms in total. The fourth-order valence-corrected chi connectivity index (χ4v) is 9.84. The summed E-state index contributed by atoms with van der Waals surface area (Å²) in [5.41, 5.74) is 0. The number of hydrogen-bond donors (Lipinski definition) is 1. The zero-order valence-electron chi connectivity index (χ0n) is 17.4. The van der Waals surface area contributed by atoms with Crippen LogP contribution >= 0.6 is 0 Å². The standard InChI is InChI=1S/C25H33NOSi/c1-5-12-23-21-17-22(21)24(26-23)18-27-28(25(2,3)4,19-13-8-6-9-14-19)20-15-10-7-11-16-20/h5-11,13-16,21-24,26H,1,12,17-18H2,2-4H3/t21?,22?,23?,24-/m1/s1. The molecule has 148 valence electrons. The Bertz CT molecular complexity index is 759. The summed E-state index contributed by atoms with van der Waals surface area (Å²) in [4.78, 5) is 0. The molecule has 1 aliphatic carbocycles. The average Bonchev–Trinajstić information content (AvgIpc) is 3.41. The van der Waals surface area contributed by atoms with Crippen molar-refractivity contribution in [3.63, 3.8) is 0 Å². The van der Waals surface area contributed by atoms with Gasteiger partial charge in [0.1, 0.15) is 0 Å². The number of rotatable bonds is 7. The molecule has 2 aromatic rings. The average molecular weight is 392 g/mol. The Balaban J connectivity index is 1.67. The molecule has 1 aliphatic heterocycles. The fourth-order valence-electron chi connectivity index (χ4n) is 5.25. The van der Waals surface area contributed by atoms with E-state index in [0.29, 0.717) is 12.1 Å². The summed E-state index contributed by atoms with van der Waals surface area (Å²) in [6.07, 6.45) is 4.47. The first-order valence-electron chi connectivity index (χ1n) is 10.6. The third-order valence-electron chi connectivity index (χ3n) is 6.67. The number of nitrogens with one attached hydrogen (secondary N) is 1. The van der Waals surface area contributed by atoms with Crippen molar-refractivity contribution in [2.24, 2.45) is 11.8 Å². The zero-order chi connectivity index (χ0) is 19.8. The molecule has 0 aromatic heterocycles. The summed E-state index contributed by atoms with van der Waals surface area (Å²) in [7, 11) is -2.43. The van der Waals surface area contributed by atoms with Gasteiger partial charge in [0.25, 0.3) is 8.32 Å². The van der Waals surface area contributed by atoms with Crippen LogP contribution in [-0.2, 0) is 4.43 Å². The molecule has 3 heteroatoms. The minimum absolute atomic E-state index is 0.0395. The minimum Gasteiger partial charge on any atom is -0.406 e. The van der Waals surface area contributed by atoms with Crippen LogP contribution in [0.5, 0.6) is 0 Å². The van der Waals surface area contributed by atoms with Gasteiger partial charge >= 0.3 is 0 Å². The van der Waals surface area contributed by atoms with Gasteiger partial charge < -0.3 is 9.74 Å². The van der Waals surface area contributed by atoms with E-state index in [2.05, 4.69) is 99.4 Å². The Labute approximate surface area is 171 Å². The van der Waals surface area contributed by atoms with Gasteiger partial charge in [0.05, 0.1) is 6.61 Å². The van der Waals surface area contributed by atoms with E-state index in [1.807, 2.05) is 0 Å². The van der Waals surface area contributed by atoms with Crippen molar-refractivity contribution in [2.45, 2.75) is 50.7 Å². The molecule has 2 aliphatic rings. The molecule has 2 aromatic carbocycles. The minimum atomic E-state index is -2.43. The lowest BCUT2D eigenvalue weighted by molar-refractivity contribution is 0.244. The predicted molar refractivity (Wildman–Crippen MR) is 121 cm³/mol. The maximum atomic E-state index is 7.12. The van der Waals surface area contributed by atoms with Gasteiger partial charge in [-0.15, -0.1) is 6.58 Å².